The van der Waals surface area contributed by atoms with Gasteiger partial charge in [0.05, 0.1) is 0 Å². The molecule has 3 heteroatoms. The van der Waals surface area contributed by atoms with Crippen molar-refractivity contribution in [3.8, 4) is 11.1 Å². The van der Waals surface area contributed by atoms with Crippen LogP contribution in [0.4, 0.5) is 0 Å². The number of carbonyl (C=O) groups is 1. The van der Waals surface area contributed by atoms with Crippen LogP contribution in [0, 0.1) is 0 Å². The van der Waals surface area contributed by atoms with E-state index >= 15 is 0 Å². The minimum absolute atomic E-state index is 0.0483. The first-order valence-corrected chi connectivity index (χ1v) is 4.95. The first-order valence-electron chi connectivity index (χ1n) is 4.95. The molecule has 0 aliphatic heterocycles. The predicted molar refractivity (Wildman–Crippen MR) is 58.4 cm³/mol. The first kappa shape index (κ1) is 10.4. The molecule has 80 valence electrons. The van der Waals surface area contributed by atoms with Crippen LogP contribution >= 0.6 is 0 Å². The fourth-order valence-electron chi connectivity index (χ4n) is 1.52. The van der Waals surface area contributed by atoms with Crippen molar-refractivity contribution in [1.82, 2.24) is 4.98 Å². The van der Waals surface area contributed by atoms with Crippen molar-refractivity contribution < 1.29 is 9.90 Å². The molecule has 1 aromatic heterocycles. The number of rotatable bonds is 3. The molecule has 0 radical (unpaired) electrons. The van der Waals surface area contributed by atoms with E-state index < -0.39 is 5.97 Å². The van der Waals surface area contributed by atoms with Gasteiger partial charge in [-0.05, 0) is 22.8 Å². The van der Waals surface area contributed by atoms with Crippen molar-refractivity contribution in [2.24, 2.45) is 0 Å². The predicted octanol–water partition coefficient (Wildman–Crippen LogP) is 1.04. The van der Waals surface area contributed by atoms with Gasteiger partial charge < -0.3 is 9.90 Å². The molecule has 0 N–H and O–H groups in total. The number of hydrogen-bond acceptors (Lipinski definition) is 3. The molecule has 1 aromatic carbocycles. The summed E-state index contributed by atoms with van der Waals surface area (Å²) >= 11 is 0. The maximum absolute atomic E-state index is 10.4. The molecule has 16 heavy (non-hydrogen) atoms. The monoisotopic (exact) mass is 212 g/mol. The summed E-state index contributed by atoms with van der Waals surface area (Å²) in [6.45, 7) is 0. The lowest BCUT2D eigenvalue weighted by molar-refractivity contribution is -0.304. The van der Waals surface area contributed by atoms with Crippen molar-refractivity contribution in [2.75, 3.05) is 0 Å². The Hall–Kier alpha value is -2.16. The molecule has 0 saturated carbocycles. The number of aromatic nitrogens is 1. The van der Waals surface area contributed by atoms with Crippen molar-refractivity contribution in [2.45, 2.75) is 6.42 Å². The minimum Gasteiger partial charge on any atom is -0.550 e. The lowest BCUT2D eigenvalue weighted by Gasteiger charge is -2.04. The van der Waals surface area contributed by atoms with Crippen LogP contribution in [0.5, 0.6) is 0 Å². The highest BCUT2D eigenvalue weighted by atomic mass is 16.4. The summed E-state index contributed by atoms with van der Waals surface area (Å²) in [5, 5.41) is 10.4. The SMILES string of the molecule is O=C([O-])Cc1ccc(-c2cccnc2)cc1. The van der Waals surface area contributed by atoms with E-state index in [0.29, 0.717) is 0 Å². The minimum atomic E-state index is -1.06. The van der Waals surface area contributed by atoms with Gasteiger partial charge in [-0.1, -0.05) is 30.3 Å². The molecule has 0 bridgehead atoms. The summed E-state index contributed by atoms with van der Waals surface area (Å²) in [5.74, 6) is -1.06. The number of carbonyl (C=O) groups excluding carboxylic acids is 1. The second-order valence-corrected chi connectivity index (χ2v) is 3.49. The van der Waals surface area contributed by atoms with Gasteiger partial charge >= 0.3 is 0 Å². The quantitative estimate of drug-likeness (QED) is 0.763. The Labute approximate surface area is 93.4 Å². The van der Waals surface area contributed by atoms with E-state index in [1.54, 1.807) is 24.5 Å². The summed E-state index contributed by atoms with van der Waals surface area (Å²) in [6, 6.07) is 11.2. The summed E-state index contributed by atoms with van der Waals surface area (Å²) in [5.41, 5.74) is 2.78. The molecule has 2 rings (SSSR count). The van der Waals surface area contributed by atoms with Crippen LogP contribution in [0.15, 0.2) is 48.8 Å². The van der Waals surface area contributed by atoms with E-state index in [4.69, 9.17) is 0 Å². The van der Waals surface area contributed by atoms with Gasteiger partial charge in [-0.3, -0.25) is 4.98 Å². The highest BCUT2D eigenvalue weighted by molar-refractivity contribution is 5.69. The molecule has 2 aromatic rings. The average molecular weight is 212 g/mol. The zero-order chi connectivity index (χ0) is 11.4. The Morgan fingerprint density at radius 1 is 1.12 bits per heavy atom. The summed E-state index contributed by atoms with van der Waals surface area (Å²) in [7, 11) is 0. The normalized spacial score (nSPS) is 10.0. The molecular formula is C13H10NO2-. The van der Waals surface area contributed by atoms with Gasteiger partial charge in [-0.25, -0.2) is 0 Å². The summed E-state index contributed by atoms with van der Waals surface area (Å²) < 4.78 is 0. The molecule has 3 nitrogen and oxygen atoms in total. The van der Waals surface area contributed by atoms with E-state index in [0.717, 1.165) is 16.7 Å². The van der Waals surface area contributed by atoms with Gasteiger partial charge in [0.2, 0.25) is 0 Å². The topological polar surface area (TPSA) is 53.0 Å². The van der Waals surface area contributed by atoms with Gasteiger partial charge in [-0.15, -0.1) is 0 Å². The lowest BCUT2D eigenvalue weighted by Crippen LogP contribution is -2.24. The second-order valence-electron chi connectivity index (χ2n) is 3.49. The van der Waals surface area contributed by atoms with Crippen molar-refractivity contribution in [1.29, 1.82) is 0 Å². The molecule has 0 amide bonds. The summed E-state index contributed by atoms with van der Waals surface area (Å²) in [4.78, 5) is 14.4. The molecule has 1 heterocycles. The molecule has 0 saturated heterocycles. The van der Waals surface area contributed by atoms with Crippen LogP contribution in [0.3, 0.4) is 0 Å². The van der Waals surface area contributed by atoms with Gasteiger partial charge in [-0.2, -0.15) is 0 Å². The highest BCUT2D eigenvalue weighted by Crippen LogP contribution is 2.18. The molecular weight excluding hydrogens is 202 g/mol. The van der Waals surface area contributed by atoms with Crippen LogP contribution in [0.25, 0.3) is 11.1 Å². The maximum Gasteiger partial charge on any atom is 0.0458 e. The molecule has 0 aliphatic carbocycles. The van der Waals surface area contributed by atoms with E-state index in [2.05, 4.69) is 4.98 Å². The third-order valence-electron chi connectivity index (χ3n) is 2.30. The Morgan fingerprint density at radius 2 is 1.88 bits per heavy atom. The van der Waals surface area contributed by atoms with E-state index in [1.807, 2.05) is 24.3 Å². The number of hydrogen-bond donors (Lipinski definition) is 0. The van der Waals surface area contributed by atoms with Crippen LogP contribution in [0.1, 0.15) is 5.56 Å². The standard InChI is InChI=1S/C13H11NO2/c15-13(16)8-10-3-5-11(6-4-10)12-2-1-7-14-9-12/h1-7,9H,8H2,(H,15,16)/p-1. The van der Waals surface area contributed by atoms with Crippen LogP contribution in [-0.4, -0.2) is 11.0 Å². The number of carboxylic acids is 1. The van der Waals surface area contributed by atoms with Crippen molar-refractivity contribution in [3.63, 3.8) is 0 Å². The Morgan fingerprint density at radius 3 is 2.44 bits per heavy atom. The molecule has 0 aliphatic rings. The van der Waals surface area contributed by atoms with Gasteiger partial charge in [0.1, 0.15) is 0 Å². The van der Waals surface area contributed by atoms with Gasteiger partial charge in [0.25, 0.3) is 0 Å². The Balaban J connectivity index is 2.23. The summed E-state index contributed by atoms with van der Waals surface area (Å²) in [6.07, 6.45) is 3.44. The van der Waals surface area contributed by atoms with Crippen molar-refractivity contribution >= 4 is 5.97 Å². The average Bonchev–Trinajstić information content (AvgIpc) is 2.30. The zero-order valence-corrected chi connectivity index (χ0v) is 8.59. The number of pyridine rings is 1. The second kappa shape index (κ2) is 4.57. The third kappa shape index (κ3) is 2.45. The number of carboxylic acid groups (broad SMARTS) is 1. The Kier molecular flexibility index (Phi) is 2.96. The lowest BCUT2D eigenvalue weighted by atomic mass is 10.0. The zero-order valence-electron chi connectivity index (χ0n) is 8.59. The fourth-order valence-corrected chi connectivity index (χ4v) is 1.52. The van der Waals surface area contributed by atoms with Gasteiger partial charge in [0.15, 0.2) is 0 Å². The van der Waals surface area contributed by atoms with E-state index in [-0.39, 0.29) is 6.42 Å². The third-order valence-corrected chi connectivity index (χ3v) is 2.30. The van der Waals surface area contributed by atoms with Crippen molar-refractivity contribution in [3.05, 3.63) is 54.4 Å². The first-order chi connectivity index (χ1) is 7.75. The molecule has 0 fully saturated rings. The maximum atomic E-state index is 10.4. The fraction of sp³-hybridized carbons (Fsp3) is 0.0769. The van der Waals surface area contributed by atoms with E-state index in [9.17, 15) is 9.90 Å². The van der Waals surface area contributed by atoms with Crippen LogP contribution < -0.4 is 5.11 Å². The van der Waals surface area contributed by atoms with Crippen LogP contribution in [0.2, 0.25) is 0 Å². The molecule has 0 unspecified atom stereocenters. The molecule has 0 spiro atoms. The van der Waals surface area contributed by atoms with Gasteiger partial charge in [0, 0.05) is 24.8 Å². The molecule has 0 atom stereocenters. The van der Waals surface area contributed by atoms with Crippen LogP contribution in [-0.2, 0) is 11.2 Å². The smallest absolute Gasteiger partial charge is 0.0458 e. The number of nitrogens with zero attached hydrogens (tertiary/aromatic N) is 1. The highest BCUT2D eigenvalue weighted by Gasteiger charge is 1.97. The largest absolute Gasteiger partial charge is 0.550 e. The number of aliphatic carboxylic acids is 1. The van der Waals surface area contributed by atoms with E-state index in [1.165, 1.54) is 0 Å². The number of benzene rings is 1. The Bertz CT molecular complexity index is 477.